The number of hydrogen-bond donors (Lipinski definition) is 4. The zero-order chi connectivity index (χ0) is 10.6. The quantitative estimate of drug-likeness (QED) is 0.266. The molecule has 14 heavy (non-hydrogen) atoms. The topological polar surface area (TPSA) is 161 Å². The van der Waals surface area contributed by atoms with Gasteiger partial charge in [-0.2, -0.15) is 4.98 Å². The maximum Gasteiger partial charge on any atom is 0.278 e. The summed E-state index contributed by atoms with van der Waals surface area (Å²) < 4.78 is 0. The monoisotopic (exact) mass is 194 g/mol. The normalized spacial score (nSPS) is 8.86. The van der Waals surface area contributed by atoms with Gasteiger partial charge in [0.15, 0.2) is 11.2 Å². The molecule has 2 heterocycles. The second-order valence-electron chi connectivity index (χ2n) is 2.15. The molecule has 9 nitrogen and oxygen atoms in total. The minimum absolute atomic E-state index is 0.0783. The maximum atomic E-state index is 11.0. The van der Waals surface area contributed by atoms with Crippen LogP contribution in [0.4, 0.5) is 5.95 Å². The van der Waals surface area contributed by atoms with Crippen molar-refractivity contribution in [3.8, 4) is 0 Å². The minimum Gasteiger partial charge on any atom is -0.369 e. The number of aromatic nitrogens is 4. The number of nitrogens with zero attached hydrogens (tertiary/aromatic N) is 4. The van der Waals surface area contributed by atoms with Crippen LogP contribution in [0.1, 0.15) is 0 Å². The number of aromatic amines is 2. The van der Waals surface area contributed by atoms with Crippen molar-refractivity contribution in [3.05, 3.63) is 27.1 Å². The predicted octanol–water partition coefficient (Wildman–Crippen LogP) is 0.104. The van der Waals surface area contributed by atoms with Gasteiger partial charge in [0.05, 0.1) is 6.33 Å². The Hall–Kier alpha value is -2.54. The van der Waals surface area contributed by atoms with Crippen molar-refractivity contribution in [3.63, 3.8) is 0 Å². The van der Waals surface area contributed by atoms with Crippen LogP contribution in [0, 0.1) is 5.53 Å². The Bertz CT molecular complexity index is 518. The summed E-state index contributed by atoms with van der Waals surface area (Å²) in [7, 11) is 0. The molecule has 0 unspecified atom stereocenters. The van der Waals surface area contributed by atoms with E-state index in [9.17, 15) is 4.79 Å². The second kappa shape index (κ2) is 3.92. The zero-order valence-corrected chi connectivity index (χ0v) is 6.85. The summed E-state index contributed by atoms with van der Waals surface area (Å²) in [6.45, 7) is 0. The molecule has 0 bridgehead atoms. The van der Waals surface area contributed by atoms with Gasteiger partial charge in [-0.3, -0.25) is 9.78 Å². The molecule has 0 fully saturated rings. The number of nitrogens with two attached hydrogens (primary N) is 1. The lowest BCUT2D eigenvalue weighted by molar-refractivity contribution is 1.17. The fourth-order valence-corrected chi connectivity index (χ4v) is 0.860. The molecule has 0 aliphatic heterocycles. The summed E-state index contributed by atoms with van der Waals surface area (Å²) in [6.07, 6.45) is 1.40. The van der Waals surface area contributed by atoms with E-state index < -0.39 is 0 Å². The Labute approximate surface area is 76.4 Å². The van der Waals surface area contributed by atoms with Crippen molar-refractivity contribution in [2.45, 2.75) is 0 Å². The second-order valence-corrected chi connectivity index (χ2v) is 2.15. The van der Waals surface area contributed by atoms with Gasteiger partial charge in [-0.25, -0.2) is 4.98 Å². The molecule has 0 saturated heterocycles. The van der Waals surface area contributed by atoms with E-state index in [2.05, 4.69) is 19.9 Å². The molecule has 0 saturated carbocycles. The van der Waals surface area contributed by atoms with E-state index in [4.69, 9.17) is 16.8 Å². The summed E-state index contributed by atoms with van der Waals surface area (Å²) in [6, 6.07) is 0. The Morgan fingerprint density at radius 2 is 2.29 bits per heavy atom. The Morgan fingerprint density at radius 3 is 2.93 bits per heavy atom. The van der Waals surface area contributed by atoms with Gasteiger partial charge in [0.25, 0.3) is 5.56 Å². The Kier molecular flexibility index (Phi) is 2.67. The van der Waals surface area contributed by atoms with Gasteiger partial charge < -0.3 is 10.7 Å². The van der Waals surface area contributed by atoms with E-state index in [1.807, 2.05) is 0 Å². The first-order valence-electron chi connectivity index (χ1n) is 3.38. The lowest BCUT2D eigenvalue weighted by Crippen LogP contribution is -2.10. The molecule has 9 heteroatoms. The van der Waals surface area contributed by atoms with Gasteiger partial charge >= 0.3 is 0 Å². The molecular formula is C5H6N8O. The van der Waals surface area contributed by atoms with Crippen LogP contribution in [0.25, 0.3) is 21.6 Å². The Morgan fingerprint density at radius 1 is 1.64 bits per heavy atom. The SMILES string of the molecule is Nc1nc2nc[nH]c2c(=O)[nH]1.[N-]=[N+]=N. The van der Waals surface area contributed by atoms with E-state index >= 15 is 0 Å². The summed E-state index contributed by atoms with van der Waals surface area (Å²) in [4.78, 5) is 25.3. The van der Waals surface area contributed by atoms with E-state index in [-0.39, 0.29) is 11.5 Å². The molecule has 2 rings (SSSR count). The van der Waals surface area contributed by atoms with Crippen LogP contribution < -0.4 is 11.3 Å². The summed E-state index contributed by atoms with van der Waals surface area (Å²) in [5.74, 6) is 0.0783. The lowest BCUT2D eigenvalue weighted by Gasteiger charge is -1.89. The average molecular weight is 194 g/mol. The van der Waals surface area contributed by atoms with E-state index in [0.29, 0.717) is 11.2 Å². The molecule has 0 atom stereocenters. The number of imidazole rings is 1. The molecular weight excluding hydrogens is 188 g/mol. The fourth-order valence-electron chi connectivity index (χ4n) is 0.860. The maximum absolute atomic E-state index is 11.0. The molecule has 0 aromatic carbocycles. The molecule has 2 aromatic heterocycles. The highest BCUT2D eigenvalue weighted by Gasteiger charge is 2.01. The summed E-state index contributed by atoms with van der Waals surface area (Å²) >= 11 is 0. The van der Waals surface area contributed by atoms with Crippen molar-refractivity contribution in [1.29, 1.82) is 5.53 Å². The highest BCUT2D eigenvalue weighted by Crippen LogP contribution is 1.98. The number of nitrogens with one attached hydrogen (secondary N) is 3. The first kappa shape index (κ1) is 9.55. The number of fused-ring (bicyclic) bond motifs is 1. The number of nitrogen functional groups attached to an aromatic ring is 1. The molecule has 0 aliphatic carbocycles. The minimum atomic E-state index is -0.301. The van der Waals surface area contributed by atoms with Crippen LogP contribution in [-0.4, -0.2) is 19.9 Å². The van der Waals surface area contributed by atoms with Gasteiger partial charge in [0, 0.05) is 0 Å². The smallest absolute Gasteiger partial charge is 0.278 e. The lowest BCUT2D eigenvalue weighted by atomic mass is 10.5. The molecule has 2 aromatic rings. The van der Waals surface area contributed by atoms with Gasteiger partial charge in [-0.1, -0.05) is 0 Å². The fraction of sp³-hybridized carbons (Fsp3) is 0. The number of rotatable bonds is 0. The predicted molar refractivity (Wildman–Crippen MR) is 48.4 cm³/mol. The van der Waals surface area contributed by atoms with Crippen molar-refractivity contribution >= 4 is 17.1 Å². The standard InChI is InChI=1S/C5H5N5O.HN3/c6-5-9-3-2(4(11)10-5)7-1-8-3;1-3-2/h1H,(H4,6,7,8,9,10,11);1H. The number of H-pyrrole nitrogens is 2. The van der Waals surface area contributed by atoms with E-state index in [1.165, 1.54) is 6.33 Å². The van der Waals surface area contributed by atoms with Gasteiger partial charge in [0.1, 0.15) is 0 Å². The van der Waals surface area contributed by atoms with Crippen molar-refractivity contribution < 1.29 is 0 Å². The molecule has 0 spiro atoms. The highest BCUT2D eigenvalue weighted by molar-refractivity contribution is 5.69. The zero-order valence-electron chi connectivity index (χ0n) is 6.85. The van der Waals surface area contributed by atoms with Crippen LogP contribution in [0.2, 0.25) is 0 Å². The molecule has 72 valence electrons. The van der Waals surface area contributed by atoms with Crippen LogP contribution in [0.5, 0.6) is 0 Å². The average Bonchev–Trinajstić information content (AvgIpc) is 2.53. The molecule has 5 N–H and O–H groups in total. The first-order valence-corrected chi connectivity index (χ1v) is 3.38. The third kappa shape index (κ3) is 1.79. The number of hydrogen-bond acceptors (Lipinski definition) is 5. The third-order valence-electron chi connectivity index (χ3n) is 1.31. The largest absolute Gasteiger partial charge is 0.369 e. The van der Waals surface area contributed by atoms with Crippen LogP contribution >= 0.6 is 0 Å². The van der Waals surface area contributed by atoms with Crippen molar-refractivity contribution in [1.82, 2.24) is 19.9 Å². The highest BCUT2D eigenvalue weighted by atomic mass is 16.1. The third-order valence-corrected chi connectivity index (χ3v) is 1.31. The summed E-state index contributed by atoms with van der Waals surface area (Å²) in [5.41, 5.74) is 17.9. The molecule has 0 amide bonds. The van der Waals surface area contributed by atoms with Crippen LogP contribution in [-0.2, 0) is 0 Å². The molecule has 0 radical (unpaired) electrons. The van der Waals surface area contributed by atoms with Gasteiger partial charge in [0.2, 0.25) is 5.95 Å². The Balaban J connectivity index is 0.000000293. The van der Waals surface area contributed by atoms with Crippen molar-refractivity contribution in [2.24, 2.45) is 0 Å². The van der Waals surface area contributed by atoms with Gasteiger partial charge in [-0.15, -0.1) is 5.53 Å². The van der Waals surface area contributed by atoms with Crippen LogP contribution in [0.15, 0.2) is 11.1 Å². The van der Waals surface area contributed by atoms with Crippen LogP contribution in [0.3, 0.4) is 0 Å². The van der Waals surface area contributed by atoms with Gasteiger partial charge in [-0.05, 0) is 10.4 Å². The summed E-state index contributed by atoms with van der Waals surface area (Å²) in [5, 5.41) is 0. The molecule has 0 aliphatic rings. The number of anilines is 1. The first-order chi connectivity index (χ1) is 6.69. The van der Waals surface area contributed by atoms with E-state index in [0.717, 1.165) is 0 Å². The van der Waals surface area contributed by atoms with Crippen molar-refractivity contribution in [2.75, 3.05) is 5.73 Å². The van der Waals surface area contributed by atoms with E-state index in [1.54, 1.807) is 4.91 Å².